The lowest BCUT2D eigenvalue weighted by atomic mass is 9.97. The van der Waals surface area contributed by atoms with E-state index in [4.69, 9.17) is 0 Å². The van der Waals surface area contributed by atoms with E-state index < -0.39 is 0 Å². The fourth-order valence-electron chi connectivity index (χ4n) is 3.64. The number of nitrogens with one attached hydrogen (secondary N) is 1. The maximum absolute atomic E-state index is 3.70. The van der Waals surface area contributed by atoms with Gasteiger partial charge in [-0.2, -0.15) is 0 Å². The molecule has 0 aliphatic rings. The van der Waals surface area contributed by atoms with Crippen molar-refractivity contribution in [1.29, 1.82) is 0 Å². The van der Waals surface area contributed by atoms with Gasteiger partial charge in [-0.3, -0.25) is 0 Å². The minimum absolute atomic E-state index is 1.09. The van der Waals surface area contributed by atoms with E-state index in [0.717, 1.165) is 4.47 Å². The van der Waals surface area contributed by atoms with Crippen molar-refractivity contribution >= 4 is 37.7 Å². The van der Waals surface area contributed by atoms with Crippen molar-refractivity contribution in [1.82, 2.24) is 4.98 Å². The number of aromatic amines is 1. The molecule has 0 saturated heterocycles. The van der Waals surface area contributed by atoms with Gasteiger partial charge in [-0.25, -0.2) is 0 Å². The topological polar surface area (TPSA) is 15.8 Å². The van der Waals surface area contributed by atoms with Crippen molar-refractivity contribution in [3.05, 3.63) is 95.5 Å². The van der Waals surface area contributed by atoms with Crippen molar-refractivity contribution < 1.29 is 0 Å². The molecule has 26 heavy (non-hydrogen) atoms. The molecular formula is C24H16BrN. The van der Waals surface area contributed by atoms with Crippen LogP contribution in [0.3, 0.4) is 0 Å². The summed E-state index contributed by atoms with van der Waals surface area (Å²) in [6.07, 6.45) is 0. The standard InChI is InChI=1S/C24H16BrN/c25-19-14-21(24-22(15-19)20-11-4-5-12-23(20)26-24)18-10-6-9-17(13-18)16-7-2-1-3-8-16/h1-15,26H. The van der Waals surface area contributed by atoms with E-state index in [2.05, 4.69) is 112 Å². The summed E-state index contributed by atoms with van der Waals surface area (Å²) < 4.78 is 1.09. The van der Waals surface area contributed by atoms with E-state index in [0.29, 0.717) is 0 Å². The molecule has 0 spiro atoms. The van der Waals surface area contributed by atoms with Crippen molar-refractivity contribution in [2.45, 2.75) is 0 Å². The Morgan fingerprint density at radius 1 is 0.577 bits per heavy atom. The van der Waals surface area contributed by atoms with Crippen LogP contribution in [0.1, 0.15) is 0 Å². The third-order valence-corrected chi connectivity index (χ3v) is 5.32. The Labute approximate surface area is 160 Å². The lowest BCUT2D eigenvalue weighted by Gasteiger charge is -2.08. The first kappa shape index (κ1) is 15.4. The second-order valence-electron chi connectivity index (χ2n) is 6.49. The summed E-state index contributed by atoms with van der Waals surface area (Å²) in [7, 11) is 0. The highest BCUT2D eigenvalue weighted by atomic mass is 79.9. The Hall–Kier alpha value is -2.84. The molecule has 1 heterocycles. The van der Waals surface area contributed by atoms with Crippen LogP contribution < -0.4 is 0 Å². The van der Waals surface area contributed by atoms with Crippen LogP contribution in [-0.4, -0.2) is 4.98 Å². The Balaban J connectivity index is 1.77. The monoisotopic (exact) mass is 397 g/mol. The molecule has 0 radical (unpaired) electrons. The first-order chi connectivity index (χ1) is 12.8. The number of para-hydroxylation sites is 1. The maximum Gasteiger partial charge on any atom is 0.0545 e. The van der Waals surface area contributed by atoms with E-state index in [1.165, 1.54) is 44.1 Å². The fraction of sp³-hybridized carbons (Fsp3) is 0. The number of H-pyrrole nitrogens is 1. The summed E-state index contributed by atoms with van der Waals surface area (Å²) in [4.78, 5) is 3.61. The van der Waals surface area contributed by atoms with Crippen molar-refractivity contribution in [3.8, 4) is 22.3 Å². The minimum atomic E-state index is 1.09. The predicted octanol–water partition coefficient (Wildman–Crippen LogP) is 7.42. The Morgan fingerprint density at radius 2 is 1.31 bits per heavy atom. The van der Waals surface area contributed by atoms with E-state index in [1.54, 1.807) is 0 Å². The normalized spacial score (nSPS) is 11.3. The van der Waals surface area contributed by atoms with E-state index in [1.807, 2.05) is 0 Å². The average molecular weight is 398 g/mol. The number of rotatable bonds is 2. The summed E-state index contributed by atoms with van der Waals surface area (Å²) in [6.45, 7) is 0. The molecule has 1 nitrogen and oxygen atoms in total. The highest BCUT2D eigenvalue weighted by Gasteiger charge is 2.11. The summed E-state index contributed by atoms with van der Waals surface area (Å²) in [5, 5.41) is 2.50. The molecule has 0 amide bonds. The number of hydrogen-bond acceptors (Lipinski definition) is 0. The quantitative estimate of drug-likeness (QED) is 0.319. The minimum Gasteiger partial charge on any atom is -0.354 e. The van der Waals surface area contributed by atoms with Crippen LogP contribution in [0.2, 0.25) is 0 Å². The molecule has 0 fully saturated rings. The van der Waals surface area contributed by atoms with Gasteiger partial charge in [-0.05, 0) is 41.0 Å². The van der Waals surface area contributed by atoms with Gasteiger partial charge in [-0.1, -0.05) is 82.7 Å². The van der Waals surface area contributed by atoms with E-state index in [-0.39, 0.29) is 0 Å². The largest absolute Gasteiger partial charge is 0.354 e. The molecule has 0 unspecified atom stereocenters. The summed E-state index contributed by atoms with van der Waals surface area (Å²) >= 11 is 3.70. The molecule has 5 aromatic rings. The molecule has 5 rings (SSSR count). The molecule has 0 aliphatic carbocycles. The number of fused-ring (bicyclic) bond motifs is 3. The summed E-state index contributed by atoms with van der Waals surface area (Å²) in [6, 6.07) is 32.1. The molecule has 0 atom stereocenters. The molecule has 4 aromatic carbocycles. The highest BCUT2D eigenvalue weighted by molar-refractivity contribution is 9.10. The second kappa shape index (κ2) is 6.15. The van der Waals surface area contributed by atoms with E-state index >= 15 is 0 Å². The summed E-state index contributed by atoms with van der Waals surface area (Å²) in [5.74, 6) is 0. The zero-order valence-electron chi connectivity index (χ0n) is 14.0. The lowest BCUT2D eigenvalue weighted by molar-refractivity contribution is 1.52. The zero-order valence-corrected chi connectivity index (χ0v) is 15.6. The molecular weight excluding hydrogens is 382 g/mol. The van der Waals surface area contributed by atoms with Gasteiger partial charge < -0.3 is 4.98 Å². The van der Waals surface area contributed by atoms with Crippen LogP contribution in [0.5, 0.6) is 0 Å². The highest BCUT2D eigenvalue weighted by Crippen LogP contribution is 2.37. The van der Waals surface area contributed by atoms with Gasteiger partial charge in [0.1, 0.15) is 0 Å². The Morgan fingerprint density at radius 3 is 2.19 bits per heavy atom. The predicted molar refractivity (Wildman–Crippen MR) is 114 cm³/mol. The van der Waals surface area contributed by atoms with Crippen LogP contribution in [0, 0.1) is 0 Å². The van der Waals surface area contributed by atoms with Gasteiger partial charge in [0.15, 0.2) is 0 Å². The average Bonchev–Trinajstić information content (AvgIpc) is 3.07. The van der Waals surface area contributed by atoms with Gasteiger partial charge in [-0.15, -0.1) is 0 Å². The molecule has 1 aromatic heterocycles. The number of aromatic nitrogens is 1. The Bertz CT molecular complexity index is 1240. The molecule has 124 valence electrons. The van der Waals surface area contributed by atoms with Crippen LogP contribution in [0.15, 0.2) is 95.5 Å². The number of halogens is 1. The molecule has 2 heteroatoms. The number of hydrogen-bond donors (Lipinski definition) is 1. The van der Waals surface area contributed by atoms with Crippen molar-refractivity contribution in [2.24, 2.45) is 0 Å². The maximum atomic E-state index is 3.70. The van der Waals surface area contributed by atoms with Gasteiger partial charge in [0, 0.05) is 26.3 Å². The molecule has 1 N–H and O–H groups in total. The van der Waals surface area contributed by atoms with Gasteiger partial charge in [0.05, 0.1) is 5.52 Å². The van der Waals surface area contributed by atoms with Gasteiger partial charge in [0.2, 0.25) is 0 Å². The Kier molecular flexibility index (Phi) is 3.65. The van der Waals surface area contributed by atoms with Crippen LogP contribution in [0.25, 0.3) is 44.1 Å². The number of benzene rings is 4. The third-order valence-electron chi connectivity index (χ3n) is 4.86. The van der Waals surface area contributed by atoms with Gasteiger partial charge in [0.25, 0.3) is 0 Å². The zero-order chi connectivity index (χ0) is 17.5. The molecule has 0 bridgehead atoms. The SMILES string of the molecule is Brc1cc(-c2cccc(-c3ccccc3)c2)c2[nH]c3ccccc3c2c1. The molecule has 0 aliphatic heterocycles. The van der Waals surface area contributed by atoms with Gasteiger partial charge >= 0.3 is 0 Å². The first-order valence-electron chi connectivity index (χ1n) is 8.65. The van der Waals surface area contributed by atoms with Crippen LogP contribution in [-0.2, 0) is 0 Å². The van der Waals surface area contributed by atoms with Crippen molar-refractivity contribution in [2.75, 3.05) is 0 Å². The third kappa shape index (κ3) is 2.54. The van der Waals surface area contributed by atoms with Crippen LogP contribution in [0.4, 0.5) is 0 Å². The van der Waals surface area contributed by atoms with Crippen molar-refractivity contribution in [3.63, 3.8) is 0 Å². The summed E-state index contributed by atoms with van der Waals surface area (Å²) in [5.41, 5.74) is 7.23. The second-order valence-corrected chi connectivity index (χ2v) is 7.41. The molecule has 0 saturated carbocycles. The van der Waals surface area contributed by atoms with Crippen LogP contribution >= 0.6 is 15.9 Å². The fourth-order valence-corrected chi connectivity index (χ4v) is 4.10. The van der Waals surface area contributed by atoms with E-state index in [9.17, 15) is 0 Å². The first-order valence-corrected chi connectivity index (χ1v) is 9.45. The lowest BCUT2D eigenvalue weighted by Crippen LogP contribution is -1.84. The smallest absolute Gasteiger partial charge is 0.0545 e.